The highest BCUT2D eigenvalue weighted by Gasteiger charge is 2.14. The molecule has 2 N–H and O–H groups in total. The summed E-state index contributed by atoms with van der Waals surface area (Å²) >= 11 is 0. The van der Waals surface area contributed by atoms with Crippen LogP contribution in [-0.2, 0) is 11.3 Å². The van der Waals surface area contributed by atoms with E-state index >= 15 is 0 Å². The average molecular weight is 224 g/mol. The third kappa shape index (κ3) is 2.54. The van der Waals surface area contributed by atoms with Crippen molar-refractivity contribution in [2.75, 3.05) is 32.0 Å². The highest BCUT2D eigenvalue weighted by molar-refractivity contribution is 5.31. The Balaban J connectivity index is 2.01. The smallest absolute Gasteiger partial charge is 0.122 e. The number of nitrogens with two attached hydrogens (primary N) is 1. The van der Waals surface area contributed by atoms with E-state index in [2.05, 4.69) is 23.8 Å². The third-order valence-electron chi connectivity index (χ3n) is 2.79. The van der Waals surface area contributed by atoms with Crippen LogP contribution in [0.3, 0.4) is 0 Å². The first-order valence-electron chi connectivity index (χ1n) is 5.81. The van der Waals surface area contributed by atoms with Gasteiger partial charge in [0.2, 0.25) is 0 Å². The molecule has 1 aromatic heterocycles. The van der Waals surface area contributed by atoms with Crippen molar-refractivity contribution in [1.29, 1.82) is 0 Å². The predicted octanol–water partition coefficient (Wildman–Crippen LogP) is 0.878. The number of rotatable bonds is 3. The lowest BCUT2D eigenvalue weighted by atomic mass is 10.3. The molecule has 16 heavy (non-hydrogen) atoms. The first-order valence-corrected chi connectivity index (χ1v) is 5.81. The summed E-state index contributed by atoms with van der Waals surface area (Å²) < 4.78 is 7.18. The van der Waals surface area contributed by atoms with Gasteiger partial charge in [-0.15, -0.1) is 0 Å². The molecular weight excluding hydrogens is 204 g/mol. The van der Waals surface area contributed by atoms with Crippen LogP contribution in [0.15, 0.2) is 6.07 Å². The Morgan fingerprint density at radius 2 is 2.12 bits per heavy atom. The predicted molar refractivity (Wildman–Crippen MR) is 63.1 cm³/mol. The first-order chi connectivity index (χ1) is 7.66. The van der Waals surface area contributed by atoms with Gasteiger partial charge in [0.05, 0.1) is 18.9 Å². The maximum Gasteiger partial charge on any atom is 0.122 e. The molecule has 1 aromatic rings. The normalized spacial score (nSPS) is 18.2. The highest BCUT2D eigenvalue weighted by atomic mass is 16.5. The molecule has 1 aliphatic heterocycles. The highest BCUT2D eigenvalue weighted by Crippen LogP contribution is 2.14. The molecule has 2 heterocycles. The molecular formula is C11H20N4O. The second-order valence-electron chi connectivity index (χ2n) is 4.49. The Labute approximate surface area is 96.2 Å². The molecule has 5 nitrogen and oxygen atoms in total. The Bertz CT molecular complexity index is 342. The molecule has 0 spiro atoms. The molecule has 0 amide bonds. The van der Waals surface area contributed by atoms with E-state index in [1.54, 1.807) is 0 Å². The largest absolute Gasteiger partial charge is 0.384 e. The van der Waals surface area contributed by atoms with Crippen LogP contribution >= 0.6 is 0 Å². The SMILES string of the molecule is CC(C)n1nc(CN2CCOCC2)cc1N. The maximum absolute atomic E-state index is 5.90. The number of hydrogen-bond donors (Lipinski definition) is 1. The molecule has 0 atom stereocenters. The Morgan fingerprint density at radius 1 is 1.44 bits per heavy atom. The lowest BCUT2D eigenvalue weighted by molar-refractivity contribution is 0.0335. The van der Waals surface area contributed by atoms with Crippen LogP contribution in [0.2, 0.25) is 0 Å². The lowest BCUT2D eigenvalue weighted by Crippen LogP contribution is -2.35. The monoisotopic (exact) mass is 224 g/mol. The molecule has 0 unspecified atom stereocenters. The van der Waals surface area contributed by atoms with Crippen LogP contribution in [0.5, 0.6) is 0 Å². The van der Waals surface area contributed by atoms with Crippen LogP contribution in [0.4, 0.5) is 5.82 Å². The van der Waals surface area contributed by atoms with Gasteiger partial charge in [-0.1, -0.05) is 0 Å². The summed E-state index contributed by atoms with van der Waals surface area (Å²) in [6, 6.07) is 2.29. The summed E-state index contributed by atoms with van der Waals surface area (Å²) in [4.78, 5) is 2.34. The Kier molecular flexibility index (Phi) is 3.46. The number of morpholine rings is 1. The quantitative estimate of drug-likeness (QED) is 0.828. The first kappa shape index (κ1) is 11.4. The van der Waals surface area contributed by atoms with Gasteiger partial charge in [0, 0.05) is 31.7 Å². The standard InChI is InChI=1S/C11H20N4O/c1-9(2)15-11(12)7-10(13-15)8-14-3-5-16-6-4-14/h7,9H,3-6,8,12H2,1-2H3. The van der Waals surface area contributed by atoms with Gasteiger partial charge in [-0.05, 0) is 13.8 Å². The summed E-state index contributed by atoms with van der Waals surface area (Å²) in [5.41, 5.74) is 6.95. The number of nitrogens with zero attached hydrogens (tertiary/aromatic N) is 3. The van der Waals surface area contributed by atoms with Gasteiger partial charge in [0.25, 0.3) is 0 Å². The minimum absolute atomic E-state index is 0.318. The topological polar surface area (TPSA) is 56.3 Å². The minimum Gasteiger partial charge on any atom is -0.384 e. The van der Waals surface area contributed by atoms with Crippen molar-refractivity contribution in [3.8, 4) is 0 Å². The molecule has 0 radical (unpaired) electrons. The molecule has 90 valence electrons. The summed E-state index contributed by atoms with van der Waals surface area (Å²) in [5, 5.41) is 4.51. The molecule has 1 aliphatic rings. The van der Waals surface area contributed by atoms with Gasteiger partial charge in [-0.25, -0.2) is 4.68 Å². The zero-order valence-corrected chi connectivity index (χ0v) is 10.0. The average Bonchev–Trinajstić information content (AvgIpc) is 2.61. The van der Waals surface area contributed by atoms with E-state index < -0.39 is 0 Å². The van der Waals surface area contributed by atoms with E-state index in [4.69, 9.17) is 10.5 Å². The zero-order chi connectivity index (χ0) is 11.5. The van der Waals surface area contributed by atoms with Crippen LogP contribution in [0, 0.1) is 0 Å². The molecule has 5 heteroatoms. The number of aromatic nitrogens is 2. The van der Waals surface area contributed by atoms with Crippen molar-refractivity contribution in [1.82, 2.24) is 14.7 Å². The second kappa shape index (κ2) is 4.84. The number of anilines is 1. The van der Waals surface area contributed by atoms with Gasteiger partial charge in [-0.3, -0.25) is 4.90 Å². The molecule has 0 aliphatic carbocycles. The van der Waals surface area contributed by atoms with Crippen LogP contribution in [0.1, 0.15) is 25.6 Å². The fraction of sp³-hybridized carbons (Fsp3) is 0.727. The molecule has 2 rings (SSSR count). The third-order valence-corrected chi connectivity index (χ3v) is 2.79. The van der Waals surface area contributed by atoms with E-state index in [0.717, 1.165) is 44.4 Å². The van der Waals surface area contributed by atoms with Crippen molar-refractivity contribution in [2.24, 2.45) is 0 Å². The summed E-state index contributed by atoms with van der Waals surface area (Å²) in [6.07, 6.45) is 0. The molecule has 1 fully saturated rings. The van der Waals surface area contributed by atoms with Crippen molar-refractivity contribution < 1.29 is 4.74 Å². The molecule has 1 saturated heterocycles. The van der Waals surface area contributed by atoms with Gasteiger partial charge >= 0.3 is 0 Å². The fourth-order valence-electron chi connectivity index (χ4n) is 1.94. The van der Waals surface area contributed by atoms with E-state index in [-0.39, 0.29) is 0 Å². The van der Waals surface area contributed by atoms with Crippen molar-refractivity contribution in [3.63, 3.8) is 0 Å². The van der Waals surface area contributed by atoms with E-state index in [9.17, 15) is 0 Å². The molecule has 0 saturated carbocycles. The summed E-state index contributed by atoms with van der Waals surface area (Å²) in [7, 11) is 0. The maximum atomic E-state index is 5.90. The number of ether oxygens (including phenoxy) is 1. The molecule has 0 aromatic carbocycles. The van der Waals surface area contributed by atoms with Gasteiger partial charge in [-0.2, -0.15) is 5.10 Å². The van der Waals surface area contributed by atoms with Crippen molar-refractivity contribution in [3.05, 3.63) is 11.8 Å². The molecule has 0 bridgehead atoms. The van der Waals surface area contributed by atoms with Crippen molar-refractivity contribution in [2.45, 2.75) is 26.4 Å². The van der Waals surface area contributed by atoms with Gasteiger partial charge < -0.3 is 10.5 Å². The summed E-state index contributed by atoms with van der Waals surface area (Å²) in [5.74, 6) is 0.748. The number of hydrogen-bond acceptors (Lipinski definition) is 4. The Hall–Kier alpha value is -1.07. The summed E-state index contributed by atoms with van der Waals surface area (Å²) in [6.45, 7) is 8.64. The van der Waals surface area contributed by atoms with Crippen LogP contribution in [-0.4, -0.2) is 41.0 Å². The van der Waals surface area contributed by atoms with Crippen LogP contribution in [0.25, 0.3) is 0 Å². The van der Waals surface area contributed by atoms with Gasteiger partial charge in [0.15, 0.2) is 0 Å². The Morgan fingerprint density at radius 3 is 2.69 bits per heavy atom. The second-order valence-corrected chi connectivity index (χ2v) is 4.49. The lowest BCUT2D eigenvalue weighted by Gasteiger charge is -2.25. The van der Waals surface area contributed by atoms with Crippen molar-refractivity contribution >= 4 is 5.82 Å². The van der Waals surface area contributed by atoms with E-state index in [1.165, 1.54) is 0 Å². The van der Waals surface area contributed by atoms with E-state index in [1.807, 2.05) is 10.7 Å². The van der Waals surface area contributed by atoms with Gasteiger partial charge in [0.1, 0.15) is 5.82 Å². The number of nitrogen functional groups attached to an aromatic ring is 1. The fourth-order valence-corrected chi connectivity index (χ4v) is 1.94. The van der Waals surface area contributed by atoms with Crippen LogP contribution < -0.4 is 5.73 Å². The zero-order valence-electron chi connectivity index (χ0n) is 10.0. The minimum atomic E-state index is 0.318. The van der Waals surface area contributed by atoms with E-state index in [0.29, 0.717) is 6.04 Å².